The van der Waals surface area contributed by atoms with E-state index in [4.69, 9.17) is 4.74 Å². The van der Waals surface area contributed by atoms with Crippen molar-refractivity contribution in [2.24, 2.45) is 0 Å². The van der Waals surface area contributed by atoms with Gasteiger partial charge >= 0.3 is 0 Å². The number of amides is 1. The molecule has 24 heavy (non-hydrogen) atoms. The van der Waals surface area contributed by atoms with Gasteiger partial charge < -0.3 is 10.1 Å². The summed E-state index contributed by atoms with van der Waals surface area (Å²) in [6.45, 7) is 2.03. The van der Waals surface area contributed by atoms with Crippen molar-refractivity contribution in [3.63, 3.8) is 0 Å². The van der Waals surface area contributed by atoms with Gasteiger partial charge in [-0.3, -0.25) is 9.69 Å². The average molecular weight is 329 g/mol. The highest BCUT2D eigenvalue weighted by molar-refractivity contribution is 5.97. The van der Waals surface area contributed by atoms with Crippen LogP contribution in [-0.4, -0.2) is 64.6 Å². The van der Waals surface area contributed by atoms with E-state index in [1.54, 1.807) is 19.2 Å². The Morgan fingerprint density at radius 2 is 2.17 bits per heavy atom. The zero-order chi connectivity index (χ0) is 16.5. The Morgan fingerprint density at radius 3 is 3.00 bits per heavy atom. The molecule has 2 fully saturated rings. The molecule has 2 aromatic rings. The van der Waals surface area contributed by atoms with Crippen molar-refractivity contribution in [2.45, 2.75) is 43.9 Å². The third-order valence-corrected chi connectivity index (χ3v) is 5.35. The number of aromatic nitrogens is 3. The number of aromatic amines is 1. The molecular weight excluding hydrogens is 306 g/mol. The first-order valence-electron chi connectivity index (χ1n) is 8.63. The third-order valence-electron chi connectivity index (χ3n) is 5.35. The number of rotatable bonds is 4. The highest BCUT2D eigenvalue weighted by Gasteiger charge is 2.36. The summed E-state index contributed by atoms with van der Waals surface area (Å²) in [4.78, 5) is 15.1. The lowest BCUT2D eigenvalue weighted by atomic mass is 10.1. The van der Waals surface area contributed by atoms with E-state index >= 15 is 0 Å². The molecule has 0 spiro atoms. The maximum atomic E-state index is 12.6. The van der Waals surface area contributed by atoms with Crippen LogP contribution >= 0.6 is 0 Å². The molecule has 0 bridgehead atoms. The number of likely N-dealkylation sites (tertiary alicyclic amines) is 1. The van der Waals surface area contributed by atoms with Gasteiger partial charge in [-0.2, -0.15) is 15.4 Å². The van der Waals surface area contributed by atoms with E-state index in [-0.39, 0.29) is 11.9 Å². The molecule has 1 unspecified atom stereocenters. The molecule has 1 saturated heterocycles. The number of nitrogens with zero attached hydrogens (tertiary/aromatic N) is 3. The van der Waals surface area contributed by atoms with Crippen LogP contribution in [0.4, 0.5) is 0 Å². The average Bonchev–Trinajstić information content (AvgIpc) is 3.33. The van der Waals surface area contributed by atoms with Gasteiger partial charge in [0.25, 0.3) is 5.91 Å². The monoisotopic (exact) mass is 329 g/mol. The molecule has 1 aliphatic heterocycles. The van der Waals surface area contributed by atoms with Gasteiger partial charge in [0.2, 0.25) is 0 Å². The highest BCUT2D eigenvalue weighted by Crippen LogP contribution is 2.28. The molecule has 2 N–H and O–H groups in total. The zero-order valence-corrected chi connectivity index (χ0v) is 13.9. The minimum absolute atomic E-state index is 0.0284. The second-order valence-corrected chi connectivity index (χ2v) is 6.75. The van der Waals surface area contributed by atoms with Crippen LogP contribution in [0.2, 0.25) is 0 Å². The summed E-state index contributed by atoms with van der Waals surface area (Å²) >= 11 is 0. The molecular formula is C17H23N5O2. The summed E-state index contributed by atoms with van der Waals surface area (Å²) in [6.07, 6.45) is 4.75. The lowest BCUT2D eigenvalue weighted by Gasteiger charge is -2.30. The minimum Gasteiger partial charge on any atom is -0.380 e. The third kappa shape index (κ3) is 2.89. The summed E-state index contributed by atoms with van der Waals surface area (Å²) in [5.41, 5.74) is 2.12. The molecule has 1 aromatic carbocycles. The predicted molar refractivity (Wildman–Crippen MR) is 89.8 cm³/mol. The van der Waals surface area contributed by atoms with E-state index in [9.17, 15) is 4.79 Å². The van der Waals surface area contributed by atoms with Gasteiger partial charge in [-0.25, -0.2) is 0 Å². The van der Waals surface area contributed by atoms with Gasteiger partial charge in [-0.15, -0.1) is 0 Å². The highest BCUT2D eigenvalue weighted by atomic mass is 16.5. The number of carbonyl (C=O) groups excluding carboxylic acids is 1. The first kappa shape index (κ1) is 15.5. The van der Waals surface area contributed by atoms with Crippen molar-refractivity contribution < 1.29 is 9.53 Å². The maximum Gasteiger partial charge on any atom is 0.251 e. The number of ether oxygens (including phenoxy) is 1. The number of nitrogens with one attached hydrogen (secondary N) is 2. The SMILES string of the molecule is COC1CCN([C@H]2CCC[C@H]2NC(=O)c2ccc3n[nH]nc3c2)C1. The molecule has 1 aromatic heterocycles. The van der Waals surface area contributed by atoms with E-state index in [0.717, 1.165) is 44.3 Å². The molecule has 1 saturated carbocycles. The second-order valence-electron chi connectivity index (χ2n) is 6.75. The van der Waals surface area contributed by atoms with E-state index < -0.39 is 0 Å². The van der Waals surface area contributed by atoms with Gasteiger partial charge in [0.05, 0.1) is 6.10 Å². The Bertz CT molecular complexity index is 731. The van der Waals surface area contributed by atoms with Gasteiger partial charge in [0.15, 0.2) is 0 Å². The smallest absolute Gasteiger partial charge is 0.251 e. The van der Waals surface area contributed by atoms with Crippen LogP contribution in [0.5, 0.6) is 0 Å². The molecule has 128 valence electrons. The molecule has 2 aliphatic rings. The van der Waals surface area contributed by atoms with Crippen molar-refractivity contribution in [2.75, 3.05) is 20.2 Å². The summed E-state index contributed by atoms with van der Waals surface area (Å²) in [5, 5.41) is 13.9. The van der Waals surface area contributed by atoms with E-state index in [0.29, 0.717) is 23.2 Å². The Morgan fingerprint density at radius 1 is 1.29 bits per heavy atom. The first-order valence-corrected chi connectivity index (χ1v) is 8.63. The number of methoxy groups -OCH3 is 1. The summed E-state index contributed by atoms with van der Waals surface area (Å²) in [6, 6.07) is 6.05. The second kappa shape index (κ2) is 6.49. The van der Waals surface area contributed by atoms with Crippen LogP contribution < -0.4 is 5.32 Å². The number of benzene rings is 1. The molecule has 7 heteroatoms. The van der Waals surface area contributed by atoms with Gasteiger partial charge in [0.1, 0.15) is 11.0 Å². The predicted octanol–water partition coefficient (Wildman–Crippen LogP) is 1.33. The fourth-order valence-electron chi connectivity index (χ4n) is 4.03. The quantitative estimate of drug-likeness (QED) is 0.884. The summed E-state index contributed by atoms with van der Waals surface area (Å²) in [5.74, 6) is -0.0284. The fraction of sp³-hybridized carbons (Fsp3) is 0.588. The number of hydrogen-bond donors (Lipinski definition) is 2. The zero-order valence-electron chi connectivity index (χ0n) is 13.9. The van der Waals surface area contributed by atoms with Crippen LogP contribution in [-0.2, 0) is 4.74 Å². The fourth-order valence-corrected chi connectivity index (χ4v) is 4.03. The summed E-state index contributed by atoms with van der Waals surface area (Å²) < 4.78 is 5.48. The largest absolute Gasteiger partial charge is 0.380 e. The maximum absolute atomic E-state index is 12.6. The Hall–Kier alpha value is -1.99. The molecule has 1 aliphatic carbocycles. The van der Waals surface area contributed by atoms with Gasteiger partial charge in [-0.05, 0) is 43.9 Å². The van der Waals surface area contributed by atoms with Gasteiger partial charge in [0, 0.05) is 37.8 Å². The van der Waals surface area contributed by atoms with Crippen molar-refractivity contribution in [1.29, 1.82) is 0 Å². The van der Waals surface area contributed by atoms with Crippen LogP contribution in [0.1, 0.15) is 36.0 Å². The molecule has 3 atom stereocenters. The molecule has 0 radical (unpaired) electrons. The number of carbonyl (C=O) groups is 1. The number of H-pyrrole nitrogens is 1. The minimum atomic E-state index is -0.0284. The topological polar surface area (TPSA) is 83.1 Å². The van der Waals surface area contributed by atoms with Crippen LogP contribution in [0.25, 0.3) is 11.0 Å². The Kier molecular flexibility index (Phi) is 4.20. The van der Waals surface area contributed by atoms with Crippen LogP contribution in [0.3, 0.4) is 0 Å². The van der Waals surface area contributed by atoms with Crippen molar-refractivity contribution in [3.05, 3.63) is 23.8 Å². The van der Waals surface area contributed by atoms with Crippen LogP contribution in [0.15, 0.2) is 18.2 Å². The lowest BCUT2D eigenvalue weighted by molar-refractivity contribution is 0.0873. The standard InChI is InChI=1S/C17H23N5O2/c1-24-12-7-8-22(10-12)16-4-2-3-14(16)18-17(23)11-5-6-13-15(9-11)20-21-19-13/h5-6,9,12,14,16H,2-4,7-8,10H2,1H3,(H,18,23)(H,19,20,21)/t12?,14-,16+/m1/s1. The first-order chi connectivity index (χ1) is 11.7. The number of hydrogen-bond acceptors (Lipinski definition) is 5. The van der Waals surface area contributed by atoms with Crippen molar-refractivity contribution in [3.8, 4) is 0 Å². The van der Waals surface area contributed by atoms with Crippen molar-refractivity contribution in [1.82, 2.24) is 25.6 Å². The van der Waals surface area contributed by atoms with Crippen LogP contribution in [0, 0.1) is 0 Å². The normalized spacial score (nSPS) is 27.8. The molecule has 4 rings (SSSR count). The Balaban J connectivity index is 1.44. The van der Waals surface area contributed by atoms with E-state index in [1.165, 1.54) is 0 Å². The lowest BCUT2D eigenvalue weighted by Crippen LogP contribution is -2.48. The Labute approximate surface area is 140 Å². The van der Waals surface area contributed by atoms with Gasteiger partial charge in [-0.1, -0.05) is 0 Å². The van der Waals surface area contributed by atoms with E-state index in [1.807, 2.05) is 6.07 Å². The number of fused-ring (bicyclic) bond motifs is 1. The molecule has 1 amide bonds. The molecule has 2 heterocycles. The van der Waals surface area contributed by atoms with Crippen molar-refractivity contribution >= 4 is 16.9 Å². The van der Waals surface area contributed by atoms with E-state index in [2.05, 4.69) is 25.6 Å². The molecule has 7 nitrogen and oxygen atoms in total. The summed E-state index contributed by atoms with van der Waals surface area (Å²) in [7, 11) is 1.78.